The van der Waals surface area contributed by atoms with Crippen molar-refractivity contribution >= 4 is 117 Å². The summed E-state index contributed by atoms with van der Waals surface area (Å²) in [4.78, 5) is 70.3. The predicted octanol–water partition coefficient (Wildman–Crippen LogP) is 14.3. The van der Waals surface area contributed by atoms with Gasteiger partial charge in [-0.3, -0.25) is 20.0 Å². The topological polar surface area (TPSA) is 464 Å². The molecular formula is C88H114N20O12+4. The van der Waals surface area contributed by atoms with Crippen LogP contribution in [-0.4, -0.2) is 222 Å². The Labute approximate surface area is 698 Å². The Morgan fingerprint density at radius 1 is 0.300 bits per heavy atom. The molecule has 0 fully saturated rings. The lowest BCUT2D eigenvalue weighted by molar-refractivity contribution is -0.682. The molecule has 32 heteroatoms. The third-order valence-electron chi connectivity index (χ3n) is 18.8. The van der Waals surface area contributed by atoms with E-state index in [1.165, 1.54) is 0 Å². The van der Waals surface area contributed by atoms with Gasteiger partial charge in [-0.15, -0.1) is 0 Å². The van der Waals surface area contributed by atoms with E-state index < -0.39 is 69.9 Å². The molecule has 0 spiro atoms. The minimum absolute atomic E-state index is 0.161. The molecule has 120 heavy (non-hydrogen) atoms. The maximum atomic E-state index is 11.6. The zero-order valence-electron chi connectivity index (χ0n) is 71.7. The Morgan fingerprint density at radius 2 is 0.492 bits per heavy atom. The van der Waals surface area contributed by atoms with Crippen LogP contribution in [0.5, 0.6) is 0 Å². The Morgan fingerprint density at radius 3 is 0.675 bits per heavy atom. The highest BCUT2D eigenvalue weighted by atomic mass is 16.3. The summed E-state index contributed by atoms with van der Waals surface area (Å²) in [5.41, 5.74) is 3.97. The number of fused-ring (bicyclic) bond motifs is 8. The summed E-state index contributed by atoms with van der Waals surface area (Å²) >= 11 is 0. The van der Waals surface area contributed by atoms with Gasteiger partial charge in [0.1, 0.15) is 46.3 Å². The molecule has 634 valence electrons. The van der Waals surface area contributed by atoms with E-state index in [1.54, 1.807) is 182 Å². The predicted molar refractivity (Wildman–Crippen MR) is 477 cm³/mol. The number of aromatic amines is 2. The van der Waals surface area contributed by atoms with Crippen LogP contribution in [0.25, 0.3) is 90.9 Å². The van der Waals surface area contributed by atoms with Crippen LogP contribution >= 0.6 is 0 Å². The molecule has 32 nitrogen and oxygen atoms in total. The minimum Gasteiger partial charge on any atom is -0.495 e. The van der Waals surface area contributed by atoms with Crippen LogP contribution in [0.4, 0.5) is 0 Å². The molecular weight excluding hydrogens is 1530 g/mol. The van der Waals surface area contributed by atoms with Crippen molar-refractivity contribution in [1.29, 1.82) is 0 Å². The molecule has 2 aliphatic rings. The van der Waals surface area contributed by atoms with Gasteiger partial charge in [-0.2, -0.15) is 18.3 Å². The first-order chi connectivity index (χ1) is 56.3. The maximum Gasteiger partial charge on any atom is 0.249 e. The average Bonchev–Trinajstić information content (AvgIpc) is 1.61. The van der Waals surface area contributed by atoms with Crippen LogP contribution < -0.4 is 18.3 Å². The van der Waals surface area contributed by atoms with Crippen LogP contribution in [-0.2, 0) is 26.2 Å². The summed E-state index contributed by atoms with van der Waals surface area (Å²) in [6, 6.07) is 17.5. The van der Waals surface area contributed by atoms with E-state index in [0.717, 1.165) is 0 Å². The fourth-order valence-electron chi connectivity index (χ4n) is 12.8. The molecule has 0 radical (unpaired) electrons. The van der Waals surface area contributed by atoms with E-state index in [9.17, 15) is 61.3 Å². The van der Waals surface area contributed by atoms with Gasteiger partial charge in [0.2, 0.25) is 97.0 Å². The summed E-state index contributed by atoms with van der Waals surface area (Å²) in [7, 11) is 0. The zero-order chi connectivity index (χ0) is 88.2. The molecule has 2 aliphatic heterocycles. The van der Waals surface area contributed by atoms with E-state index in [4.69, 9.17) is 9.97 Å². The number of aromatic nitrogens is 8. The number of hydrogen-bond acceptors (Lipinski definition) is 14. The van der Waals surface area contributed by atoms with E-state index in [-0.39, 0.29) is 97.5 Å². The maximum absolute atomic E-state index is 11.6. The highest BCUT2D eigenvalue weighted by molar-refractivity contribution is 6.01. The minimum atomic E-state index is -1.30. The lowest BCUT2D eigenvalue weighted by Crippen LogP contribution is -2.38. The molecule has 0 aliphatic carbocycles. The third kappa shape index (κ3) is 23.6. The van der Waals surface area contributed by atoms with Crippen molar-refractivity contribution in [3.8, 4) is 44.5 Å². The molecule has 9 heterocycles. The van der Waals surface area contributed by atoms with Crippen molar-refractivity contribution < 1.29 is 79.5 Å². The monoisotopic (exact) mass is 1640 g/mol. The molecule has 0 saturated heterocycles. The van der Waals surface area contributed by atoms with Gasteiger partial charge >= 0.3 is 0 Å². The van der Waals surface area contributed by atoms with Crippen LogP contribution in [0.15, 0.2) is 182 Å². The molecule has 4 atom stereocenters. The van der Waals surface area contributed by atoms with Gasteiger partial charge in [-0.05, 0) is 211 Å². The fraction of sp³-hybridized carbons (Fsp3) is 0.409. The van der Waals surface area contributed by atoms with Crippen molar-refractivity contribution in [3.05, 3.63) is 145 Å². The van der Waals surface area contributed by atoms with Gasteiger partial charge in [0.15, 0.2) is 49.6 Å². The first-order valence-corrected chi connectivity index (χ1v) is 39.7. The number of rotatable bonds is 32. The van der Waals surface area contributed by atoms with Crippen molar-refractivity contribution in [2.75, 3.05) is 0 Å². The standard InChI is InChI=1S/C88H110N20O12/c1-49(2)89-81(117)85(13,14)101-77(113)53(9)93-69(109)45-105-37-21-25-57(41-105)73-61-29-31-63(97-61)74(58-26-22-38-106(42-58)46-70(110)94-54(10)78(114)102-86(15,16)82(118)90-50(3)4)65-33-35-67(99-65)76(60-28-24-40-108(44-60)48-72(112)96-56(12)80(116)104-88(19,20)84(120)92-52(7)8)68-36-34-66(100-68)75(64-32-30-62(73)98-64)59-27-23-39-107(43-59)47-71(111)95-55(11)79(115)103-87(17,18)83(119)91-51(5)6/h21-44,49-56H,45-48H2,1-20H3,(H10-4,89,90,91,92,93,94,95,96,97,98,99,100,101,102,103,104,109,110,111,112,113,114,115,116,117,118,119,120)/p+4/t53-,54-,55-,56-/m0/s1. The second-order valence-electron chi connectivity index (χ2n) is 32.7. The van der Waals surface area contributed by atoms with Crippen molar-refractivity contribution in [2.24, 2.45) is 59.9 Å². The summed E-state index contributed by atoms with van der Waals surface area (Å²) in [5.74, 6) is -4.25. The molecule has 9 rings (SSSR count). The number of H-pyrrole nitrogens is 2. The Bertz CT molecular complexity index is 4940. The molecule has 7 aromatic rings. The highest BCUT2D eigenvalue weighted by Crippen LogP contribution is 2.38. The molecule has 0 aromatic carbocycles. The second-order valence-corrected chi connectivity index (χ2v) is 32.7. The number of pyridine rings is 4. The van der Waals surface area contributed by atoms with Crippen LogP contribution in [0.2, 0.25) is 0 Å². The Balaban J connectivity index is 1.29. The van der Waals surface area contributed by atoms with Gasteiger partial charge in [0.25, 0.3) is 0 Å². The zero-order valence-corrected chi connectivity index (χ0v) is 71.7. The quantitative estimate of drug-likeness (QED) is 0.0106. The molecule has 0 saturated carbocycles. The van der Waals surface area contributed by atoms with E-state index in [0.29, 0.717) is 89.4 Å². The fourth-order valence-corrected chi connectivity index (χ4v) is 12.8. The van der Waals surface area contributed by atoms with Crippen molar-refractivity contribution in [2.45, 2.75) is 235 Å². The second kappa shape index (κ2) is 38.1. The summed E-state index contributed by atoms with van der Waals surface area (Å²) in [6.07, 6.45) is 21.9. The average molecular weight is 1640 g/mol. The molecule has 0 amide bonds. The van der Waals surface area contributed by atoms with Gasteiger partial charge in [-0.25, -0.2) is 49.9 Å². The number of aliphatic imine (C=N–C) groups is 12. The molecule has 7 aromatic heterocycles. The number of aliphatic hydroxyl groups excluding tert-OH is 12. The largest absolute Gasteiger partial charge is 0.495 e. The summed E-state index contributed by atoms with van der Waals surface area (Å²) in [5, 5.41) is 134. The lowest BCUT2D eigenvalue weighted by Gasteiger charge is -2.19. The van der Waals surface area contributed by atoms with Crippen molar-refractivity contribution in [1.82, 2.24) is 19.9 Å². The Hall–Kier alpha value is -13.2. The number of aliphatic hydroxyl groups is 12. The van der Waals surface area contributed by atoms with Crippen LogP contribution in [0, 0.1) is 0 Å². The van der Waals surface area contributed by atoms with E-state index >= 15 is 0 Å². The van der Waals surface area contributed by atoms with Crippen LogP contribution in [0.1, 0.15) is 161 Å². The van der Waals surface area contributed by atoms with Gasteiger partial charge in [-0.1, -0.05) is 0 Å². The first kappa shape index (κ1) is 90.8. The molecule has 14 N–H and O–H groups in total. The summed E-state index contributed by atoms with van der Waals surface area (Å²) in [6.45, 7) is 32.8. The van der Waals surface area contributed by atoms with E-state index in [2.05, 4.69) is 69.9 Å². The van der Waals surface area contributed by atoms with Gasteiger partial charge < -0.3 is 71.2 Å². The smallest absolute Gasteiger partial charge is 0.249 e. The Kier molecular flexibility index (Phi) is 28.8. The number of hydrogen-bond donors (Lipinski definition) is 14. The third-order valence-corrected chi connectivity index (χ3v) is 18.8. The van der Waals surface area contributed by atoms with Gasteiger partial charge in [0.05, 0.1) is 22.8 Å². The lowest BCUT2D eigenvalue weighted by atomic mass is 10.1. The van der Waals surface area contributed by atoms with Crippen molar-refractivity contribution in [3.63, 3.8) is 0 Å². The normalized spacial score (nSPS) is 15.7. The number of nitrogens with zero attached hydrogens (tertiary/aromatic N) is 18. The first-order valence-electron chi connectivity index (χ1n) is 39.7. The van der Waals surface area contributed by atoms with Crippen LogP contribution in [0.3, 0.4) is 0 Å². The highest BCUT2D eigenvalue weighted by Gasteiger charge is 2.33. The molecule has 0 unspecified atom stereocenters. The summed E-state index contributed by atoms with van der Waals surface area (Å²) < 4.78 is 6.90. The van der Waals surface area contributed by atoms with E-state index in [1.807, 2.05) is 122 Å². The SMILES string of the molecule is CC(C)N=C(O)C(C)(C)N=C(O)[C@H](C)N=C(O)C[n+]1cccc(-c2c3nc(c(-c4ccc[n+](CC(O)=N[C@@H](C)C(O)=NC(C)(C)C(O)=NC(C)C)c4)c4ccc([nH]4)c(-c4ccc[n+](CC(O)=N[C@@H](C)C(O)=NC(C)(C)C(O)=NC(C)C)c4)c4nc(c(-c5ccc[n+](CC(O)=N[C@@H](C)C(O)=NC(C)(C)C(O)=NC(C)C)c5)c5ccc2[nH]5)C=C4)C=C3)c1. The molecule has 8 bridgehead atoms. The van der Waals surface area contributed by atoms with Gasteiger partial charge in [0, 0.05) is 115 Å². The number of nitrogens with one attached hydrogen (secondary N) is 2.